The minimum Gasteiger partial charge on any atom is -0.496 e. The van der Waals surface area contributed by atoms with Crippen LogP contribution in [0.3, 0.4) is 0 Å². The van der Waals surface area contributed by atoms with Crippen LogP contribution in [0.4, 0.5) is 5.69 Å². The van der Waals surface area contributed by atoms with Crippen molar-refractivity contribution < 1.29 is 9.53 Å². The summed E-state index contributed by atoms with van der Waals surface area (Å²) in [5, 5.41) is 2.91. The molecule has 122 valence electrons. The number of carbonyl (C=O) groups is 1. The summed E-state index contributed by atoms with van der Waals surface area (Å²) in [6.45, 7) is 3.00. The van der Waals surface area contributed by atoms with E-state index in [2.05, 4.69) is 27.3 Å². The first-order valence-electron chi connectivity index (χ1n) is 7.36. The van der Waals surface area contributed by atoms with Gasteiger partial charge in [-0.05, 0) is 48.1 Å². The highest BCUT2D eigenvalue weighted by Crippen LogP contribution is 2.22. The Morgan fingerprint density at radius 1 is 1.26 bits per heavy atom. The van der Waals surface area contributed by atoms with Gasteiger partial charge in [0.15, 0.2) is 0 Å². The molecule has 1 amide bonds. The largest absolute Gasteiger partial charge is 0.496 e. The van der Waals surface area contributed by atoms with Crippen LogP contribution in [-0.2, 0) is 11.3 Å². The fraction of sp³-hybridized carbons (Fsp3) is 0.278. The van der Waals surface area contributed by atoms with Gasteiger partial charge >= 0.3 is 0 Å². The highest BCUT2D eigenvalue weighted by atomic mass is 79.9. The highest BCUT2D eigenvalue weighted by molar-refractivity contribution is 9.10. The third-order valence-electron chi connectivity index (χ3n) is 3.44. The van der Waals surface area contributed by atoms with Crippen LogP contribution in [0.2, 0.25) is 0 Å². The zero-order valence-corrected chi connectivity index (χ0v) is 15.2. The van der Waals surface area contributed by atoms with Gasteiger partial charge in [0.25, 0.3) is 0 Å². The first kappa shape index (κ1) is 17.5. The van der Waals surface area contributed by atoms with E-state index in [0.717, 1.165) is 21.5 Å². The molecule has 5 heteroatoms. The quantitative estimate of drug-likeness (QED) is 0.832. The Kier molecular flexibility index (Phi) is 6.19. The van der Waals surface area contributed by atoms with Gasteiger partial charge in [0.1, 0.15) is 5.75 Å². The second kappa shape index (κ2) is 8.13. The topological polar surface area (TPSA) is 41.6 Å². The number of benzene rings is 2. The second-order valence-corrected chi connectivity index (χ2v) is 6.37. The highest BCUT2D eigenvalue weighted by Gasteiger charge is 2.11. The maximum atomic E-state index is 12.2. The predicted octanol–water partition coefficient (Wildman–Crippen LogP) is 3.84. The fourth-order valence-corrected chi connectivity index (χ4v) is 2.76. The maximum Gasteiger partial charge on any atom is 0.238 e. The van der Waals surface area contributed by atoms with Crippen LogP contribution in [0.1, 0.15) is 11.1 Å². The zero-order chi connectivity index (χ0) is 16.8. The van der Waals surface area contributed by atoms with E-state index in [4.69, 9.17) is 4.74 Å². The van der Waals surface area contributed by atoms with E-state index >= 15 is 0 Å². The monoisotopic (exact) mass is 376 g/mol. The van der Waals surface area contributed by atoms with Crippen LogP contribution in [0.25, 0.3) is 0 Å². The summed E-state index contributed by atoms with van der Waals surface area (Å²) in [7, 11) is 3.58. The lowest BCUT2D eigenvalue weighted by Crippen LogP contribution is -2.30. The fourth-order valence-electron chi connectivity index (χ4n) is 2.38. The molecule has 0 spiro atoms. The number of nitrogens with one attached hydrogen (secondary N) is 1. The van der Waals surface area contributed by atoms with Crippen LogP contribution in [0.15, 0.2) is 46.9 Å². The first-order chi connectivity index (χ1) is 11.0. The molecule has 1 N–H and O–H groups in total. The molecule has 2 aromatic carbocycles. The normalized spacial score (nSPS) is 10.7. The smallest absolute Gasteiger partial charge is 0.238 e. The van der Waals surface area contributed by atoms with Gasteiger partial charge in [-0.1, -0.05) is 29.8 Å². The summed E-state index contributed by atoms with van der Waals surface area (Å²) in [5.74, 6) is 0.791. The Morgan fingerprint density at radius 2 is 2.00 bits per heavy atom. The number of amides is 1. The zero-order valence-electron chi connectivity index (χ0n) is 13.6. The molecule has 2 rings (SSSR count). The molecule has 0 atom stereocenters. The van der Waals surface area contributed by atoms with Gasteiger partial charge in [-0.2, -0.15) is 0 Å². The molecule has 0 aliphatic carbocycles. The van der Waals surface area contributed by atoms with Crippen molar-refractivity contribution in [1.82, 2.24) is 4.90 Å². The SMILES string of the molecule is COc1ccc(C)cc1CN(C)CC(=O)Nc1ccccc1Br. The van der Waals surface area contributed by atoms with Gasteiger partial charge in [0, 0.05) is 16.6 Å². The van der Waals surface area contributed by atoms with Gasteiger partial charge in [0.05, 0.1) is 19.3 Å². The Hall–Kier alpha value is -1.85. The molecular formula is C18H21BrN2O2. The summed E-state index contributed by atoms with van der Waals surface area (Å²) in [6, 6.07) is 13.6. The lowest BCUT2D eigenvalue weighted by molar-refractivity contribution is -0.117. The lowest BCUT2D eigenvalue weighted by atomic mass is 10.1. The number of anilines is 1. The van der Waals surface area contributed by atoms with Crippen molar-refractivity contribution in [1.29, 1.82) is 0 Å². The molecule has 0 fully saturated rings. The number of rotatable bonds is 6. The lowest BCUT2D eigenvalue weighted by Gasteiger charge is -2.18. The molecule has 4 nitrogen and oxygen atoms in total. The Bertz CT molecular complexity index is 688. The van der Waals surface area contributed by atoms with Crippen molar-refractivity contribution in [3.63, 3.8) is 0 Å². The van der Waals surface area contributed by atoms with Crippen LogP contribution in [0, 0.1) is 6.92 Å². The molecule has 0 unspecified atom stereocenters. The molecule has 2 aromatic rings. The number of ether oxygens (including phenoxy) is 1. The number of methoxy groups -OCH3 is 1. The van der Waals surface area contributed by atoms with Crippen LogP contribution >= 0.6 is 15.9 Å². The summed E-state index contributed by atoms with van der Waals surface area (Å²) in [4.78, 5) is 14.1. The minimum atomic E-state index is -0.0500. The third-order valence-corrected chi connectivity index (χ3v) is 4.13. The van der Waals surface area contributed by atoms with Crippen molar-refractivity contribution in [2.24, 2.45) is 0 Å². The average molecular weight is 377 g/mol. The number of likely N-dealkylation sites (N-methyl/N-ethyl adjacent to an activating group) is 1. The Labute approximate surface area is 145 Å². The minimum absolute atomic E-state index is 0.0500. The molecule has 0 aliphatic heterocycles. The molecule has 0 aliphatic rings. The average Bonchev–Trinajstić information content (AvgIpc) is 2.49. The van der Waals surface area contributed by atoms with Crippen molar-refractivity contribution >= 4 is 27.5 Å². The van der Waals surface area contributed by atoms with Crippen molar-refractivity contribution in [3.8, 4) is 5.75 Å². The summed E-state index contributed by atoms with van der Waals surface area (Å²) >= 11 is 3.43. The van der Waals surface area contributed by atoms with Crippen molar-refractivity contribution in [2.45, 2.75) is 13.5 Å². The van der Waals surface area contributed by atoms with Gasteiger partial charge in [-0.3, -0.25) is 9.69 Å². The van der Waals surface area contributed by atoms with Crippen LogP contribution in [-0.4, -0.2) is 31.5 Å². The van der Waals surface area contributed by atoms with Gasteiger partial charge in [-0.25, -0.2) is 0 Å². The molecule has 0 heterocycles. The number of halogens is 1. The van der Waals surface area contributed by atoms with Crippen molar-refractivity contribution in [2.75, 3.05) is 26.0 Å². The van der Waals surface area contributed by atoms with E-state index in [1.165, 1.54) is 5.56 Å². The van der Waals surface area contributed by atoms with Gasteiger partial charge in [-0.15, -0.1) is 0 Å². The molecule has 0 bridgehead atoms. The molecule has 0 saturated heterocycles. The van der Waals surface area contributed by atoms with Crippen LogP contribution < -0.4 is 10.1 Å². The summed E-state index contributed by atoms with van der Waals surface area (Å²) in [5.41, 5.74) is 3.02. The van der Waals surface area contributed by atoms with E-state index in [-0.39, 0.29) is 5.91 Å². The third kappa shape index (κ3) is 5.08. The maximum absolute atomic E-state index is 12.2. The summed E-state index contributed by atoms with van der Waals surface area (Å²) < 4.78 is 6.26. The van der Waals surface area contributed by atoms with Crippen molar-refractivity contribution in [3.05, 3.63) is 58.1 Å². The first-order valence-corrected chi connectivity index (χ1v) is 8.15. The van der Waals surface area contributed by atoms with E-state index in [9.17, 15) is 4.79 Å². The molecule has 23 heavy (non-hydrogen) atoms. The molecule has 0 saturated carbocycles. The standard InChI is InChI=1S/C18H21BrN2O2/c1-13-8-9-17(23-3)14(10-13)11-21(2)12-18(22)20-16-7-5-4-6-15(16)19/h4-10H,11-12H2,1-3H3,(H,20,22). The summed E-state index contributed by atoms with van der Waals surface area (Å²) in [6.07, 6.45) is 0. The number of para-hydroxylation sites is 1. The molecular weight excluding hydrogens is 356 g/mol. The number of hydrogen-bond donors (Lipinski definition) is 1. The van der Waals surface area contributed by atoms with Crippen LogP contribution in [0.5, 0.6) is 5.75 Å². The second-order valence-electron chi connectivity index (χ2n) is 5.52. The number of nitrogens with zero attached hydrogens (tertiary/aromatic N) is 1. The number of aryl methyl sites for hydroxylation is 1. The Balaban J connectivity index is 1.97. The number of carbonyl (C=O) groups excluding carboxylic acids is 1. The van der Waals surface area contributed by atoms with Gasteiger partial charge in [0.2, 0.25) is 5.91 Å². The van der Waals surface area contributed by atoms with E-state index in [1.54, 1.807) is 7.11 Å². The molecule has 0 radical (unpaired) electrons. The number of hydrogen-bond acceptors (Lipinski definition) is 3. The van der Waals surface area contributed by atoms with Gasteiger partial charge < -0.3 is 10.1 Å². The molecule has 0 aromatic heterocycles. The van der Waals surface area contributed by atoms with E-state index in [0.29, 0.717) is 13.1 Å². The Morgan fingerprint density at radius 3 is 2.70 bits per heavy atom. The van der Waals surface area contributed by atoms with E-state index in [1.807, 2.05) is 55.3 Å². The predicted molar refractivity (Wildman–Crippen MR) is 96.8 cm³/mol. The van der Waals surface area contributed by atoms with E-state index < -0.39 is 0 Å².